The lowest BCUT2D eigenvalue weighted by molar-refractivity contribution is -0.144. The third-order valence-corrected chi connectivity index (χ3v) is 3.54. The van der Waals surface area contributed by atoms with Gasteiger partial charge in [-0.2, -0.15) is 0 Å². The Morgan fingerprint density at radius 2 is 2.00 bits per heavy atom. The van der Waals surface area contributed by atoms with E-state index in [0.717, 1.165) is 5.56 Å². The Hall–Kier alpha value is -1.75. The van der Waals surface area contributed by atoms with Gasteiger partial charge in [0.15, 0.2) is 0 Å². The van der Waals surface area contributed by atoms with Crippen molar-refractivity contribution < 1.29 is 9.59 Å². The number of nitrogens with zero attached hydrogens (tertiary/aromatic N) is 1. The van der Waals surface area contributed by atoms with Gasteiger partial charge in [0.25, 0.3) is 0 Å². The van der Waals surface area contributed by atoms with Crippen molar-refractivity contribution in [1.29, 1.82) is 0 Å². The van der Waals surface area contributed by atoms with E-state index < -0.39 is 0 Å². The molecule has 116 valence electrons. The molecule has 1 saturated heterocycles. The number of halogens is 1. The molecule has 0 radical (unpaired) electrons. The van der Waals surface area contributed by atoms with Crippen molar-refractivity contribution in [2.45, 2.75) is 26.3 Å². The zero-order valence-electron chi connectivity index (χ0n) is 12.3. The Balaban J connectivity index is 0.00000220. The number of benzene rings is 1. The van der Waals surface area contributed by atoms with Crippen molar-refractivity contribution >= 4 is 29.9 Å². The summed E-state index contributed by atoms with van der Waals surface area (Å²) in [4.78, 5) is 26.0. The molecule has 6 heteroatoms. The molecular formula is C15H22ClN3O2. The third-order valence-electron chi connectivity index (χ3n) is 3.54. The van der Waals surface area contributed by atoms with Crippen LogP contribution in [-0.2, 0) is 16.0 Å². The molecule has 0 aromatic heterocycles. The summed E-state index contributed by atoms with van der Waals surface area (Å²) in [5, 5.41) is 2.82. The molecule has 1 aromatic carbocycles. The van der Waals surface area contributed by atoms with Crippen molar-refractivity contribution in [2.75, 3.05) is 18.8 Å². The fourth-order valence-corrected chi connectivity index (χ4v) is 2.54. The van der Waals surface area contributed by atoms with Crippen molar-refractivity contribution in [3.05, 3.63) is 29.8 Å². The number of nitrogens with one attached hydrogen (secondary N) is 1. The van der Waals surface area contributed by atoms with E-state index in [1.165, 1.54) is 0 Å². The van der Waals surface area contributed by atoms with Gasteiger partial charge in [-0.1, -0.05) is 26.0 Å². The average Bonchev–Trinajstić information content (AvgIpc) is 2.40. The molecule has 1 unspecified atom stereocenters. The number of carbonyl (C=O) groups is 2. The molecule has 2 amide bonds. The second-order valence-corrected chi connectivity index (χ2v) is 5.49. The van der Waals surface area contributed by atoms with Gasteiger partial charge in [0, 0.05) is 18.8 Å². The minimum absolute atomic E-state index is 0. The smallest absolute Gasteiger partial charge is 0.243 e. The van der Waals surface area contributed by atoms with Gasteiger partial charge < -0.3 is 16.0 Å². The summed E-state index contributed by atoms with van der Waals surface area (Å²) in [6.07, 6.45) is 0.302. The molecule has 5 nitrogen and oxygen atoms in total. The van der Waals surface area contributed by atoms with Crippen LogP contribution in [0.2, 0.25) is 0 Å². The number of amides is 2. The van der Waals surface area contributed by atoms with Crippen LogP contribution in [0.5, 0.6) is 0 Å². The van der Waals surface area contributed by atoms with Gasteiger partial charge >= 0.3 is 0 Å². The van der Waals surface area contributed by atoms with E-state index in [0.29, 0.717) is 25.2 Å². The number of nitrogen functional groups attached to an aromatic ring is 1. The molecule has 1 aromatic rings. The number of hydrogen-bond donors (Lipinski definition) is 2. The van der Waals surface area contributed by atoms with Crippen LogP contribution in [0.4, 0.5) is 5.69 Å². The van der Waals surface area contributed by atoms with Crippen LogP contribution < -0.4 is 11.1 Å². The Labute approximate surface area is 131 Å². The Bertz CT molecular complexity index is 502. The van der Waals surface area contributed by atoms with E-state index in [9.17, 15) is 9.59 Å². The lowest BCUT2D eigenvalue weighted by Gasteiger charge is -2.37. The van der Waals surface area contributed by atoms with Crippen LogP contribution >= 0.6 is 12.4 Å². The SMILES string of the molecule is CC(C)C1C(=O)NCCN1C(=O)Cc1ccc(N)cc1.Cl. The van der Waals surface area contributed by atoms with E-state index in [1.807, 2.05) is 26.0 Å². The minimum atomic E-state index is -0.370. The average molecular weight is 312 g/mol. The van der Waals surface area contributed by atoms with Crippen molar-refractivity contribution in [1.82, 2.24) is 10.2 Å². The maximum Gasteiger partial charge on any atom is 0.243 e. The fourth-order valence-electron chi connectivity index (χ4n) is 2.54. The fraction of sp³-hybridized carbons (Fsp3) is 0.467. The second kappa shape index (κ2) is 7.31. The lowest BCUT2D eigenvalue weighted by Crippen LogP contribution is -2.59. The molecule has 21 heavy (non-hydrogen) atoms. The highest BCUT2D eigenvalue weighted by Gasteiger charge is 2.34. The molecule has 0 spiro atoms. The number of piperazine rings is 1. The molecular weight excluding hydrogens is 290 g/mol. The van der Waals surface area contributed by atoms with Crippen molar-refractivity contribution in [2.24, 2.45) is 5.92 Å². The van der Waals surface area contributed by atoms with Crippen LogP contribution in [0.25, 0.3) is 0 Å². The summed E-state index contributed by atoms with van der Waals surface area (Å²) in [7, 11) is 0. The standard InChI is InChI=1S/C15H21N3O2.ClH/c1-10(2)14-15(20)17-7-8-18(14)13(19)9-11-3-5-12(16)6-4-11;/h3-6,10,14H,7-9,16H2,1-2H3,(H,17,20);1H. The maximum absolute atomic E-state index is 12.4. The predicted molar refractivity (Wildman–Crippen MR) is 85.2 cm³/mol. The van der Waals surface area contributed by atoms with E-state index in [-0.39, 0.29) is 36.2 Å². The van der Waals surface area contributed by atoms with Gasteiger partial charge in [-0.3, -0.25) is 9.59 Å². The Morgan fingerprint density at radius 3 is 2.57 bits per heavy atom. The van der Waals surface area contributed by atoms with E-state index in [1.54, 1.807) is 17.0 Å². The predicted octanol–water partition coefficient (Wildman–Crippen LogP) is 1.22. The molecule has 0 bridgehead atoms. The first-order chi connectivity index (χ1) is 9.49. The summed E-state index contributed by atoms with van der Waals surface area (Å²) >= 11 is 0. The summed E-state index contributed by atoms with van der Waals surface area (Å²) in [5.74, 6) is 0.0332. The monoisotopic (exact) mass is 311 g/mol. The maximum atomic E-state index is 12.4. The van der Waals surface area contributed by atoms with Gasteiger partial charge in [-0.15, -0.1) is 12.4 Å². The van der Waals surface area contributed by atoms with E-state index >= 15 is 0 Å². The molecule has 1 aliphatic rings. The van der Waals surface area contributed by atoms with E-state index in [4.69, 9.17) is 5.73 Å². The summed E-state index contributed by atoms with van der Waals surface area (Å²) in [6, 6.07) is 6.89. The zero-order valence-corrected chi connectivity index (χ0v) is 13.2. The van der Waals surface area contributed by atoms with Crippen LogP contribution in [0.15, 0.2) is 24.3 Å². The quantitative estimate of drug-likeness (QED) is 0.824. The largest absolute Gasteiger partial charge is 0.399 e. The Morgan fingerprint density at radius 1 is 1.38 bits per heavy atom. The van der Waals surface area contributed by atoms with Gasteiger partial charge in [0.2, 0.25) is 11.8 Å². The highest BCUT2D eigenvalue weighted by molar-refractivity contribution is 5.89. The number of carbonyl (C=O) groups excluding carboxylic acids is 2. The molecule has 1 heterocycles. The molecule has 0 aliphatic carbocycles. The first-order valence-corrected chi connectivity index (χ1v) is 6.90. The van der Waals surface area contributed by atoms with Gasteiger partial charge in [-0.25, -0.2) is 0 Å². The molecule has 2 rings (SSSR count). The number of hydrogen-bond acceptors (Lipinski definition) is 3. The van der Waals surface area contributed by atoms with Gasteiger partial charge in [0.05, 0.1) is 6.42 Å². The third kappa shape index (κ3) is 4.11. The van der Waals surface area contributed by atoms with E-state index in [2.05, 4.69) is 5.32 Å². The number of anilines is 1. The number of rotatable bonds is 3. The first-order valence-electron chi connectivity index (χ1n) is 6.90. The van der Waals surface area contributed by atoms with Crippen LogP contribution in [0, 0.1) is 5.92 Å². The normalized spacial score (nSPS) is 18.1. The van der Waals surface area contributed by atoms with Crippen LogP contribution in [0.1, 0.15) is 19.4 Å². The summed E-state index contributed by atoms with van der Waals surface area (Å²) in [6.45, 7) is 5.01. The molecule has 1 atom stereocenters. The highest BCUT2D eigenvalue weighted by Crippen LogP contribution is 2.16. The van der Waals surface area contributed by atoms with Gasteiger partial charge in [0.1, 0.15) is 6.04 Å². The second-order valence-electron chi connectivity index (χ2n) is 5.49. The molecule has 1 aliphatic heterocycles. The van der Waals surface area contributed by atoms with Crippen LogP contribution in [0.3, 0.4) is 0 Å². The minimum Gasteiger partial charge on any atom is -0.399 e. The summed E-state index contributed by atoms with van der Waals surface area (Å²) in [5.41, 5.74) is 7.23. The van der Waals surface area contributed by atoms with Crippen molar-refractivity contribution in [3.63, 3.8) is 0 Å². The molecule has 0 saturated carbocycles. The topological polar surface area (TPSA) is 75.4 Å². The highest BCUT2D eigenvalue weighted by atomic mass is 35.5. The molecule has 3 N–H and O–H groups in total. The number of nitrogens with two attached hydrogens (primary N) is 1. The lowest BCUT2D eigenvalue weighted by atomic mass is 9.98. The summed E-state index contributed by atoms with van der Waals surface area (Å²) < 4.78 is 0. The van der Waals surface area contributed by atoms with Crippen LogP contribution in [-0.4, -0.2) is 35.8 Å². The van der Waals surface area contributed by atoms with Gasteiger partial charge in [-0.05, 0) is 23.6 Å². The van der Waals surface area contributed by atoms with Crippen molar-refractivity contribution in [3.8, 4) is 0 Å². The Kier molecular flexibility index (Phi) is 6.03. The first kappa shape index (κ1) is 17.3. The molecule has 1 fully saturated rings. The zero-order chi connectivity index (χ0) is 14.7.